The van der Waals surface area contributed by atoms with Crippen molar-refractivity contribution in [3.05, 3.63) is 65.2 Å². The molecule has 0 aliphatic carbocycles. The van der Waals surface area contributed by atoms with Crippen molar-refractivity contribution >= 4 is 33.6 Å². The van der Waals surface area contributed by atoms with Gasteiger partial charge in [-0.1, -0.05) is 18.2 Å². The van der Waals surface area contributed by atoms with Crippen LogP contribution < -0.4 is 10.1 Å². The lowest BCUT2D eigenvalue weighted by Gasteiger charge is -2.09. The van der Waals surface area contributed by atoms with E-state index in [1.165, 1.54) is 0 Å². The standard InChI is InChI=1S/C22H13N3O3/c1-28-12-6-7-16-15(8-12)18-17(24-16)9-14(13-5-3-2-4-11(13)10-23)19-20(18)22(27)25-21(19)26/h2-9,24H,1H3,(H,25,26,27). The van der Waals surface area contributed by atoms with Gasteiger partial charge in [0, 0.05) is 27.4 Å². The fraction of sp³-hybridized carbons (Fsp3) is 0.0455. The molecule has 1 aliphatic heterocycles. The number of methoxy groups -OCH3 is 1. The van der Waals surface area contributed by atoms with Crippen LogP contribution in [0.4, 0.5) is 0 Å². The van der Waals surface area contributed by atoms with Crippen LogP contribution in [-0.4, -0.2) is 23.9 Å². The Morgan fingerprint density at radius 2 is 1.71 bits per heavy atom. The van der Waals surface area contributed by atoms with Crippen molar-refractivity contribution in [1.29, 1.82) is 5.26 Å². The number of amides is 2. The van der Waals surface area contributed by atoms with E-state index in [0.717, 1.165) is 16.4 Å². The quantitative estimate of drug-likeness (QED) is 0.528. The second-order valence-electron chi connectivity index (χ2n) is 6.57. The van der Waals surface area contributed by atoms with Crippen molar-refractivity contribution in [2.75, 3.05) is 7.11 Å². The molecule has 0 radical (unpaired) electrons. The fourth-order valence-corrected chi connectivity index (χ4v) is 3.89. The summed E-state index contributed by atoms with van der Waals surface area (Å²) in [6.45, 7) is 0. The van der Waals surface area contributed by atoms with E-state index < -0.39 is 11.8 Å². The summed E-state index contributed by atoms with van der Waals surface area (Å²) < 4.78 is 5.31. The van der Waals surface area contributed by atoms with Crippen molar-refractivity contribution in [1.82, 2.24) is 10.3 Å². The van der Waals surface area contributed by atoms with Crippen molar-refractivity contribution in [3.8, 4) is 22.9 Å². The molecule has 0 saturated heterocycles. The minimum atomic E-state index is -0.457. The molecule has 5 rings (SSSR count). The van der Waals surface area contributed by atoms with E-state index in [1.54, 1.807) is 31.4 Å². The molecule has 2 heterocycles. The maximum Gasteiger partial charge on any atom is 0.259 e. The Morgan fingerprint density at radius 3 is 2.50 bits per heavy atom. The third-order valence-corrected chi connectivity index (χ3v) is 5.11. The number of aromatic amines is 1. The lowest BCUT2D eigenvalue weighted by molar-refractivity contribution is 0.0880. The van der Waals surface area contributed by atoms with Gasteiger partial charge in [0.15, 0.2) is 0 Å². The highest BCUT2D eigenvalue weighted by Gasteiger charge is 2.34. The number of H-pyrrole nitrogens is 1. The zero-order valence-electron chi connectivity index (χ0n) is 14.8. The number of nitriles is 1. The van der Waals surface area contributed by atoms with E-state index in [1.807, 2.05) is 24.3 Å². The Hall–Kier alpha value is -4.11. The molecule has 1 aliphatic rings. The van der Waals surface area contributed by atoms with Gasteiger partial charge < -0.3 is 9.72 Å². The summed E-state index contributed by atoms with van der Waals surface area (Å²) in [5, 5.41) is 13.4. The molecule has 4 aromatic rings. The van der Waals surface area contributed by atoms with Gasteiger partial charge in [0.25, 0.3) is 11.8 Å². The first-order valence-electron chi connectivity index (χ1n) is 8.64. The fourth-order valence-electron chi connectivity index (χ4n) is 3.89. The Labute approximate surface area is 159 Å². The van der Waals surface area contributed by atoms with Gasteiger partial charge in [0.2, 0.25) is 0 Å². The minimum Gasteiger partial charge on any atom is -0.497 e. The zero-order chi connectivity index (χ0) is 19.4. The second-order valence-corrected chi connectivity index (χ2v) is 6.57. The number of hydrogen-bond acceptors (Lipinski definition) is 4. The lowest BCUT2D eigenvalue weighted by atomic mass is 9.91. The van der Waals surface area contributed by atoms with Gasteiger partial charge >= 0.3 is 0 Å². The number of imide groups is 1. The topological polar surface area (TPSA) is 95.0 Å². The van der Waals surface area contributed by atoms with Crippen LogP contribution >= 0.6 is 0 Å². The summed E-state index contributed by atoms with van der Waals surface area (Å²) in [4.78, 5) is 28.6. The first-order chi connectivity index (χ1) is 13.6. The third-order valence-electron chi connectivity index (χ3n) is 5.11. The molecule has 0 unspecified atom stereocenters. The maximum absolute atomic E-state index is 12.7. The van der Waals surface area contributed by atoms with E-state index >= 15 is 0 Å². The summed E-state index contributed by atoms with van der Waals surface area (Å²) in [6, 6.07) is 16.6. The number of rotatable bonds is 2. The summed E-state index contributed by atoms with van der Waals surface area (Å²) in [5.41, 5.74) is 3.78. The van der Waals surface area contributed by atoms with Crippen molar-refractivity contribution in [2.45, 2.75) is 0 Å². The highest BCUT2D eigenvalue weighted by molar-refractivity contribution is 6.32. The van der Waals surface area contributed by atoms with Crippen LogP contribution in [0.2, 0.25) is 0 Å². The Kier molecular flexibility index (Phi) is 3.27. The normalized spacial score (nSPS) is 12.9. The van der Waals surface area contributed by atoms with Gasteiger partial charge in [-0.05, 0) is 35.9 Å². The average molecular weight is 367 g/mol. The van der Waals surface area contributed by atoms with Crippen LogP contribution in [0.25, 0.3) is 32.9 Å². The molecule has 1 aromatic heterocycles. The predicted molar refractivity (Wildman–Crippen MR) is 104 cm³/mol. The number of nitrogens with one attached hydrogen (secondary N) is 2. The molecule has 0 fully saturated rings. The molecule has 2 N–H and O–H groups in total. The predicted octanol–water partition coefficient (Wildman–Crippen LogP) is 3.75. The largest absolute Gasteiger partial charge is 0.497 e. The van der Waals surface area contributed by atoms with Crippen LogP contribution in [0, 0.1) is 11.3 Å². The summed E-state index contributed by atoms with van der Waals surface area (Å²) >= 11 is 0. The lowest BCUT2D eigenvalue weighted by Crippen LogP contribution is -2.20. The number of fused-ring (bicyclic) bond motifs is 5. The Bertz CT molecular complexity index is 1380. The molecule has 2 amide bonds. The number of benzene rings is 3. The third kappa shape index (κ3) is 2.07. The average Bonchev–Trinajstić information content (AvgIpc) is 3.23. The highest BCUT2D eigenvalue weighted by atomic mass is 16.5. The SMILES string of the molecule is COc1ccc2[nH]c3cc(-c4ccccc4C#N)c4c(c3c2c1)C(=O)NC4=O. The van der Waals surface area contributed by atoms with Gasteiger partial charge in [-0.3, -0.25) is 14.9 Å². The van der Waals surface area contributed by atoms with Crippen LogP contribution in [0.5, 0.6) is 5.75 Å². The summed E-state index contributed by atoms with van der Waals surface area (Å²) in [7, 11) is 1.58. The number of carbonyl (C=O) groups excluding carboxylic acids is 2. The van der Waals surface area contributed by atoms with Crippen molar-refractivity contribution < 1.29 is 14.3 Å². The molecule has 134 valence electrons. The molecule has 0 bridgehead atoms. The highest BCUT2D eigenvalue weighted by Crippen LogP contribution is 2.40. The van der Waals surface area contributed by atoms with Crippen LogP contribution in [0.3, 0.4) is 0 Å². The maximum atomic E-state index is 12.7. The second kappa shape index (κ2) is 5.69. The van der Waals surface area contributed by atoms with Crippen LogP contribution in [0.15, 0.2) is 48.5 Å². The van der Waals surface area contributed by atoms with E-state index in [0.29, 0.717) is 39.0 Å². The van der Waals surface area contributed by atoms with E-state index in [2.05, 4.69) is 16.4 Å². The molecule has 0 atom stereocenters. The first-order valence-corrected chi connectivity index (χ1v) is 8.64. The molecular weight excluding hydrogens is 354 g/mol. The Morgan fingerprint density at radius 1 is 0.929 bits per heavy atom. The van der Waals surface area contributed by atoms with Crippen molar-refractivity contribution in [3.63, 3.8) is 0 Å². The first kappa shape index (κ1) is 16.1. The molecule has 6 heteroatoms. The summed E-state index contributed by atoms with van der Waals surface area (Å²) in [5.74, 6) is -0.238. The molecule has 6 nitrogen and oxygen atoms in total. The number of carbonyl (C=O) groups is 2. The molecular formula is C22H13N3O3. The van der Waals surface area contributed by atoms with E-state index in [9.17, 15) is 14.9 Å². The minimum absolute atomic E-state index is 0.295. The number of ether oxygens (including phenoxy) is 1. The van der Waals surface area contributed by atoms with Crippen molar-refractivity contribution in [2.24, 2.45) is 0 Å². The van der Waals surface area contributed by atoms with Gasteiger partial charge in [-0.2, -0.15) is 5.26 Å². The smallest absolute Gasteiger partial charge is 0.259 e. The number of nitrogens with zero attached hydrogens (tertiary/aromatic N) is 1. The zero-order valence-corrected chi connectivity index (χ0v) is 14.8. The monoisotopic (exact) mass is 367 g/mol. The Balaban J connectivity index is 1.96. The van der Waals surface area contributed by atoms with E-state index in [-0.39, 0.29) is 0 Å². The molecule has 3 aromatic carbocycles. The van der Waals surface area contributed by atoms with Gasteiger partial charge in [-0.15, -0.1) is 0 Å². The number of hydrogen-bond donors (Lipinski definition) is 2. The molecule has 0 spiro atoms. The van der Waals surface area contributed by atoms with Gasteiger partial charge in [0.05, 0.1) is 29.9 Å². The molecule has 0 saturated carbocycles. The molecule has 28 heavy (non-hydrogen) atoms. The van der Waals surface area contributed by atoms with Crippen LogP contribution in [0.1, 0.15) is 26.3 Å². The van der Waals surface area contributed by atoms with Gasteiger partial charge in [0.1, 0.15) is 5.75 Å². The van der Waals surface area contributed by atoms with Crippen LogP contribution in [-0.2, 0) is 0 Å². The summed E-state index contributed by atoms with van der Waals surface area (Å²) in [6.07, 6.45) is 0. The number of aromatic nitrogens is 1. The van der Waals surface area contributed by atoms with E-state index in [4.69, 9.17) is 4.74 Å². The van der Waals surface area contributed by atoms with Gasteiger partial charge in [-0.25, -0.2) is 0 Å².